The molecule has 0 spiro atoms. The predicted octanol–water partition coefficient (Wildman–Crippen LogP) is 5.43. The standard InChI is InChI=1S/C20H23F3O4S/c1-3-18(24)28-10-6-4-5-9-26-14-7-8-15-13(2)16(12-20(21,22)23)19(25)27-17(15)11-14/h7-8,11H,3-6,9-10,12H2,1-2H3. The maximum absolute atomic E-state index is 12.7. The molecule has 0 fully saturated rings. The third-order valence-corrected chi connectivity index (χ3v) is 5.35. The Morgan fingerprint density at radius 3 is 2.64 bits per heavy atom. The van der Waals surface area contributed by atoms with Gasteiger partial charge in [0.25, 0.3) is 0 Å². The van der Waals surface area contributed by atoms with Gasteiger partial charge in [0.2, 0.25) is 0 Å². The van der Waals surface area contributed by atoms with Crippen molar-refractivity contribution in [1.29, 1.82) is 0 Å². The maximum atomic E-state index is 12.7. The van der Waals surface area contributed by atoms with E-state index in [-0.39, 0.29) is 21.8 Å². The van der Waals surface area contributed by atoms with E-state index in [2.05, 4.69) is 0 Å². The summed E-state index contributed by atoms with van der Waals surface area (Å²) in [7, 11) is 0. The van der Waals surface area contributed by atoms with Crippen LogP contribution in [0.1, 0.15) is 43.7 Å². The van der Waals surface area contributed by atoms with Crippen LogP contribution in [0.3, 0.4) is 0 Å². The molecule has 0 saturated carbocycles. The number of thioether (sulfide) groups is 1. The Morgan fingerprint density at radius 1 is 1.21 bits per heavy atom. The summed E-state index contributed by atoms with van der Waals surface area (Å²) in [6, 6.07) is 4.79. The van der Waals surface area contributed by atoms with Crippen molar-refractivity contribution in [3.8, 4) is 5.75 Å². The minimum absolute atomic E-state index is 0.197. The molecule has 4 nitrogen and oxygen atoms in total. The van der Waals surface area contributed by atoms with E-state index in [9.17, 15) is 22.8 Å². The van der Waals surface area contributed by atoms with Crippen LogP contribution in [0.15, 0.2) is 27.4 Å². The number of ether oxygens (including phenoxy) is 1. The molecule has 0 radical (unpaired) electrons. The average molecular weight is 416 g/mol. The lowest BCUT2D eigenvalue weighted by molar-refractivity contribution is -0.127. The van der Waals surface area contributed by atoms with Gasteiger partial charge in [0.1, 0.15) is 11.3 Å². The van der Waals surface area contributed by atoms with Crippen LogP contribution in [0, 0.1) is 6.92 Å². The van der Waals surface area contributed by atoms with Crippen LogP contribution in [0.25, 0.3) is 11.0 Å². The second-order valence-corrected chi connectivity index (χ2v) is 7.58. The molecular formula is C20H23F3O4S. The lowest BCUT2D eigenvalue weighted by Crippen LogP contribution is -2.20. The Hall–Kier alpha value is -1.96. The molecule has 1 aromatic heterocycles. The average Bonchev–Trinajstić information content (AvgIpc) is 2.63. The monoisotopic (exact) mass is 416 g/mol. The van der Waals surface area contributed by atoms with Crippen molar-refractivity contribution in [2.45, 2.75) is 52.1 Å². The summed E-state index contributed by atoms with van der Waals surface area (Å²) in [4.78, 5) is 23.1. The topological polar surface area (TPSA) is 56.5 Å². The highest BCUT2D eigenvalue weighted by molar-refractivity contribution is 8.13. The minimum Gasteiger partial charge on any atom is -0.493 e. The van der Waals surface area contributed by atoms with Crippen molar-refractivity contribution in [1.82, 2.24) is 0 Å². The van der Waals surface area contributed by atoms with Gasteiger partial charge in [0, 0.05) is 23.6 Å². The van der Waals surface area contributed by atoms with E-state index in [0.29, 0.717) is 24.2 Å². The Balaban J connectivity index is 1.94. The fourth-order valence-electron chi connectivity index (χ4n) is 2.73. The van der Waals surface area contributed by atoms with Crippen molar-refractivity contribution in [2.75, 3.05) is 12.4 Å². The quantitative estimate of drug-likeness (QED) is 0.403. The first kappa shape index (κ1) is 22.3. The summed E-state index contributed by atoms with van der Waals surface area (Å²) in [6.45, 7) is 3.79. The molecule has 0 bridgehead atoms. The molecule has 1 heterocycles. The Bertz CT molecular complexity index is 874. The van der Waals surface area contributed by atoms with E-state index in [1.54, 1.807) is 12.1 Å². The minimum atomic E-state index is -4.47. The summed E-state index contributed by atoms with van der Waals surface area (Å²) < 4.78 is 48.7. The van der Waals surface area contributed by atoms with Gasteiger partial charge in [-0.3, -0.25) is 4.79 Å². The highest BCUT2D eigenvalue weighted by Gasteiger charge is 2.31. The number of rotatable bonds is 9. The number of hydrogen-bond donors (Lipinski definition) is 0. The second-order valence-electron chi connectivity index (χ2n) is 6.43. The molecule has 2 rings (SSSR count). The number of halogens is 3. The van der Waals surface area contributed by atoms with Gasteiger partial charge in [-0.2, -0.15) is 13.2 Å². The normalized spacial score (nSPS) is 11.8. The van der Waals surface area contributed by atoms with E-state index < -0.39 is 18.2 Å². The summed E-state index contributed by atoms with van der Waals surface area (Å²) in [5, 5.41) is 0.659. The van der Waals surface area contributed by atoms with Crippen LogP contribution in [0.2, 0.25) is 0 Å². The molecule has 154 valence electrons. The maximum Gasteiger partial charge on any atom is 0.393 e. The third-order valence-electron chi connectivity index (χ3n) is 4.25. The van der Waals surface area contributed by atoms with Crippen molar-refractivity contribution in [2.24, 2.45) is 0 Å². The zero-order valence-corrected chi connectivity index (χ0v) is 16.7. The van der Waals surface area contributed by atoms with Crippen molar-refractivity contribution in [3.63, 3.8) is 0 Å². The number of carbonyl (C=O) groups is 1. The number of fused-ring (bicyclic) bond motifs is 1. The number of benzene rings is 1. The number of aryl methyl sites for hydroxylation is 1. The Labute approximate surface area is 165 Å². The molecule has 28 heavy (non-hydrogen) atoms. The van der Waals surface area contributed by atoms with Crippen LogP contribution in [-0.4, -0.2) is 23.7 Å². The van der Waals surface area contributed by atoms with Crippen LogP contribution in [0.4, 0.5) is 13.2 Å². The summed E-state index contributed by atoms with van der Waals surface area (Å²) in [6.07, 6.45) is -2.58. The van der Waals surface area contributed by atoms with Gasteiger partial charge < -0.3 is 9.15 Å². The molecule has 0 unspecified atom stereocenters. The van der Waals surface area contributed by atoms with Crippen LogP contribution in [0.5, 0.6) is 5.75 Å². The number of carbonyl (C=O) groups excluding carboxylic acids is 1. The van der Waals surface area contributed by atoms with Crippen molar-refractivity contribution < 1.29 is 27.1 Å². The van der Waals surface area contributed by atoms with E-state index >= 15 is 0 Å². The molecule has 0 saturated heterocycles. The Kier molecular flexibility index (Phi) is 7.98. The lowest BCUT2D eigenvalue weighted by Gasteiger charge is -2.11. The van der Waals surface area contributed by atoms with Crippen LogP contribution >= 0.6 is 11.8 Å². The van der Waals surface area contributed by atoms with E-state index in [1.165, 1.54) is 24.8 Å². The summed E-state index contributed by atoms with van der Waals surface area (Å²) in [5.41, 5.74) is -0.860. The van der Waals surface area contributed by atoms with Gasteiger partial charge in [-0.1, -0.05) is 18.7 Å². The lowest BCUT2D eigenvalue weighted by atomic mass is 10.0. The van der Waals surface area contributed by atoms with Crippen molar-refractivity contribution in [3.05, 3.63) is 39.7 Å². The first-order valence-electron chi connectivity index (χ1n) is 9.12. The molecule has 0 aliphatic heterocycles. The first-order chi connectivity index (χ1) is 13.2. The fourth-order valence-corrected chi connectivity index (χ4v) is 3.51. The third kappa shape index (κ3) is 6.58. The highest BCUT2D eigenvalue weighted by Crippen LogP contribution is 2.28. The smallest absolute Gasteiger partial charge is 0.393 e. The second kappa shape index (κ2) is 10.0. The molecule has 0 amide bonds. The fraction of sp³-hybridized carbons (Fsp3) is 0.500. The van der Waals surface area contributed by atoms with Crippen LogP contribution < -0.4 is 10.4 Å². The molecule has 1 aromatic carbocycles. The van der Waals surface area contributed by atoms with E-state index in [0.717, 1.165) is 25.0 Å². The largest absolute Gasteiger partial charge is 0.493 e. The first-order valence-corrected chi connectivity index (χ1v) is 10.1. The Morgan fingerprint density at radius 2 is 1.96 bits per heavy atom. The van der Waals surface area contributed by atoms with E-state index in [4.69, 9.17) is 9.15 Å². The number of unbranched alkanes of at least 4 members (excludes halogenated alkanes) is 2. The molecule has 8 heteroatoms. The molecule has 2 aromatic rings. The molecule has 0 aliphatic rings. The van der Waals surface area contributed by atoms with Gasteiger partial charge in [0.05, 0.1) is 18.6 Å². The van der Waals surface area contributed by atoms with Gasteiger partial charge in [0.15, 0.2) is 5.12 Å². The zero-order chi connectivity index (χ0) is 20.7. The van der Waals surface area contributed by atoms with Gasteiger partial charge >= 0.3 is 11.8 Å². The zero-order valence-electron chi connectivity index (χ0n) is 15.9. The summed E-state index contributed by atoms with van der Waals surface area (Å²) in [5.74, 6) is 1.29. The SMILES string of the molecule is CCC(=O)SCCCCCOc1ccc2c(C)c(CC(F)(F)F)c(=O)oc2c1. The molecule has 0 N–H and O–H groups in total. The van der Waals surface area contributed by atoms with Crippen molar-refractivity contribution >= 4 is 27.8 Å². The van der Waals surface area contributed by atoms with Gasteiger partial charge in [-0.25, -0.2) is 4.79 Å². The summed E-state index contributed by atoms with van der Waals surface area (Å²) >= 11 is 1.35. The molecule has 0 aliphatic carbocycles. The number of alkyl halides is 3. The number of hydrogen-bond acceptors (Lipinski definition) is 5. The van der Waals surface area contributed by atoms with Gasteiger partial charge in [-0.15, -0.1) is 0 Å². The predicted molar refractivity (Wildman–Crippen MR) is 104 cm³/mol. The van der Waals surface area contributed by atoms with E-state index in [1.807, 2.05) is 6.92 Å². The molecular weight excluding hydrogens is 393 g/mol. The van der Waals surface area contributed by atoms with Gasteiger partial charge in [-0.05, 0) is 43.9 Å². The van der Waals surface area contributed by atoms with Crippen LogP contribution in [-0.2, 0) is 11.2 Å². The molecule has 0 atom stereocenters. The highest BCUT2D eigenvalue weighted by atomic mass is 32.2.